The van der Waals surface area contributed by atoms with Crippen LogP contribution in [0.3, 0.4) is 0 Å². The molecule has 2 saturated heterocycles. The Morgan fingerprint density at radius 3 is 2.75 bits per heavy atom. The molecule has 2 aromatic rings. The molecule has 2 aliphatic heterocycles. The molecule has 0 aliphatic carbocycles. The van der Waals surface area contributed by atoms with Crippen molar-refractivity contribution in [2.24, 2.45) is 5.41 Å². The average molecular weight is 382 g/mol. The number of hydrogen-bond donors (Lipinski definition) is 0. The molecule has 1 aromatic carbocycles. The lowest BCUT2D eigenvalue weighted by Gasteiger charge is -2.41. The molecular formula is C20H26N6O2. The first-order chi connectivity index (χ1) is 13.4. The molecule has 0 bridgehead atoms. The summed E-state index contributed by atoms with van der Waals surface area (Å²) in [5.74, 6) is 0.826. The minimum atomic E-state index is -0.414. The number of hydrogen-bond acceptors (Lipinski definition) is 5. The first kappa shape index (κ1) is 18.6. The van der Waals surface area contributed by atoms with Crippen molar-refractivity contribution < 1.29 is 9.59 Å². The van der Waals surface area contributed by atoms with Crippen molar-refractivity contribution in [2.75, 3.05) is 19.6 Å². The van der Waals surface area contributed by atoms with Crippen LogP contribution in [0.25, 0.3) is 5.69 Å². The van der Waals surface area contributed by atoms with Gasteiger partial charge in [-0.05, 0) is 68.7 Å². The zero-order valence-corrected chi connectivity index (χ0v) is 16.6. The zero-order chi connectivity index (χ0) is 19.9. The predicted octanol–water partition coefficient (Wildman–Crippen LogP) is 1.83. The van der Waals surface area contributed by atoms with E-state index in [0.717, 1.165) is 31.5 Å². The number of benzene rings is 1. The number of amides is 2. The number of aryl methyl sites for hydroxylation is 1. The van der Waals surface area contributed by atoms with Crippen LogP contribution >= 0.6 is 0 Å². The maximum Gasteiger partial charge on any atom is 0.253 e. The summed E-state index contributed by atoms with van der Waals surface area (Å²) in [7, 11) is 0. The third-order valence-electron chi connectivity index (χ3n) is 6.00. The van der Waals surface area contributed by atoms with Gasteiger partial charge >= 0.3 is 0 Å². The maximum absolute atomic E-state index is 13.1. The van der Waals surface area contributed by atoms with Gasteiger partial charge in [-0.2, -0.15) is 4.68 Å². The molecule has 4 rings (SSSR count). The highest BCUT2D eigenvalue weighted by atomic mass is 16.2. The van der Waals surface area contributed by atoms with Crippen molar-refractivity contribution in [3.8, 4) is 5.69 Å². The van der Waals surface area contributed by atoms with E-state index in [2.05, 4.69) is 29.4 Å². The average Bonchev–Trinajstić information content (AvgIpc) is 3.30. The number of tetrazole rings is 1. The van der Waals surface area contributed by atoms with Gasteiger partial charge < -0.3 is 9.80 Å². The first-order valence-electron chi connectivity index (χ1n) is 9.87. The molecule has 0 radical (unpaired) electrons. The minimum absolute atomic E-state index is 0.0427. The maximum atomic E-state index is 13.1. The molecule has 1 aromatic heterocycles. The lowest BCUT2D eigenvalue weighted by atomic mass is 9.78. The Balaban J connectivity index is 1.54. The summed E-state index contributed by atoms with van der Waals surface area (Å²) in [6.45, 7) is 7.86. The number of aromatic nitrogens is 4. The summed E-state index contributed by atoms with van der Waals surface area (Å²) < 4.78 is 1.60. The zero-order valence-electron chi connectivity index (χ0n) is 16.6. The van der Waals surface area contributed by atoms with E-state index in [1.165, 1.54) is 0 Å². The van der Waals surface area contributed by atoms with Gasteiger partial charge in [0.1, 0.15) is 0 Å². The molecule has 3 heterocycles. The van der Waals surface area contributed by atoms with E-state index in [4.69, 9.17) is 0 Å². The first-order valence-corrected chi connectivity index (χ1v) is 9.87. The van der Waals surface area contributed by atoms with Crippen LogP contribution in [0.1, 0.15) is 49.3 Å². The van der Waals surface area contributed by atoms with Gasteiger partial charge in [-0.1, -0.05) is 6.07 Å². The SMILES string of the molecule is Cc1nnnn1-c1cccc(C(=O)N2CCC3(CCCN(C(C)C)C3=O)C2)c1. The summed E-state index contributed by atoms with van der Waals surface area (Å²) in [4.78, 5) is 30.0. The van der Waals surface area contributed by atoms with E-state index in [9.17, 15) is 9.59 Å². The highest BCUT2D eigenvalue weighted by molar-refractivity contribution is 5.96. The van der Waals surface area contributed by atoms with Crippen molar-refractivity contribution in [1.82, 2.24) is 30.0 Å². The summed E-state index contributed by atoms with van der Waals surface area (Å²) in [6.07, 6.45) is 2.61. The van der Waals surface area contributed by atoms with Crippen LogP contribution < -0.4 is 0 Å². The molecule has 8 nitrogen and oxygen atoms in total. The van der Waals surface area contributed by atoms with Crippen molar-refractivity contribution in [2.45, 2.75) is 46.1 Å². The topological polar surface area (TPSA) is 84.2 Å². The molecule has 2 fully saturated rings. The molecular weight excluding hydrogens is 356 g/mol. The van der Waals surface area contributed by atoms with Crippen LogP contribution in [0.5, 0.6) is 0 Å². The van der Waals surface area contributed by atoms with Crippen LogP contribution in [0.15, 0.2) is 24.3 Å². The normalized spacial score (nSPS) is 22.5. The Morgan fingerprint density at radius 2 is 2.04 bits per heavy atom. The van der Waals surface area contributed by atoms with E-state index in [1.807, 2.05) is 28.9 Å². The van der Waals surface area contributed by atoms with E-state index in [1.54, 1.807) is 16.8 Å². The molecule has 148 valence electrons. The number of rotatable bonds is 3. The van der Waals surface area contributed by atoms with Crippen LogP contribution in [-0.4, -0.2) is 67.5 Å². The van der Waals surface area contributed by atoms with E-state index in [0.29, 0.717) is 24.5 Å². The van der Waals surface area contributed by atoms with Gasteiger partial charge in [-0.15, -0.1) is 5.10 Å². The Labute approximate surface area is 164 Å². The quantitative estimate of drug-likeness (QED) is 0.809. The molecule has 0 N–H and O–H groups in total. The molecule has 1 spiro atoms. The Bertz CT molecular complexity index is 908. The van der Waals surface area contributed by atoms with Crippen LogP contribution in [0.4, 0.5) is 0 Å². The fraction of sp³-hybridized carbons (Fsp3) is 0.550. The number of carbonyl (C=O) groups is 2. The highest BCUT2D eigenvalue weighted by Gasteiger charge is 2.49. The lowest BCUT2D eigenvalue weighted by Crippen LogP contribution is -2.52. The Morgan fingerprint density at radius 1 is 1.21 bits per heavy atom. The Kier molecular flexibility index (Phi) is 4.64. The molecule has 2 aliphatic rings. The van der Waals surface area contributed by atoms with Crippen LogP contribution in [0, 0.1) is 12.3 Å². The van der Waals surface area contributed by atoms with Crippen LogP contribution in [-0.2, 0) is 4.79 Å². The molecule has 0 saturated carbocycles. The summed E-state index contributed by atoms with van der Waals surface area (Å²) in [5, 5.41) is 11.5. The highest BCUT2D eigenvalue weighted by Crippen LogP contribution is 2.41. The lowest BCUT2D eigenvalue weighted by molar-refractivity contribution is -0.147. The summed E-state index contributed by atoms with van der Waals surface area (Å²) in [6, 6.07) is 7.52. The minimum Gasteiger partial charge on any atom is -0.340 e. The second-order valence-corrected chi connectivity index (χ2v) is 8.14. The van der Waals surface area contributed by atoms with E-state index >= 15 is 0 Å². The fourth-order valence-electron chi connectivity index (χ4n) is 4.44. The molecule has 1 atom stereocenters. The summed E-state index contributed by atoms with van der Waals surface area (Å²) >= 11 is 0. The number of nitrogens with zero attached hydrogens (tertiary/aromatic N) is 6. The second kappa shape index (κ2) is 7.00. The Hall–Kier alpha value is -2.77. The van der Waals surface area contributed by atoms with Gasteiger partial charge in [0, 0.05) is 31.2 Å². The van der Waals surface area contributed by atoms with Crippen molar-refractivity contribution in [3.05, 3.63) is 35.7 Å². The number of carbonyl (C=O) groups excluding carboxylic acids is 2. The van der Waals surface area contributed by atoms with Gasteiger partial charge in [-0.3, -0.25) is 9.59 Å². The standard InChI is InChI=1S/C20H26N6O2/c1-14(2)25-10-5-8-20(19(25)28)9-11-24(13-20)18(27)16-6-4-7-17(12-16)26-15(3)21-22-23-26/h4,6-7,12,14H,5,8-11,13H2,1-3H3. The van der Waals surface area contributed by atoms with Gasteiger partial charge in [0.2, 0.25) is 5.91 Å². The third-order valence-corrected chi connectivity index (χ3v) is 6.00. The van der Waals surface area contributed by atoms with Gasteiger partial charge in [-0.25, -0.2) is 0 Å². The van der Waals surface area contributed by atoms with Crippen molar-refractivity contribution in [1.29, 1.82) is 0 Å². The summed E-state index contributed by atoms with van der Waals surface area (Å²) in [5.41, 5.74) is 0.928. The van der Waals surface area contributed by atoms with Crippen molar-refractivity contribution >= 4 is 11.8 Å². The molecule has 28 heavy (non-hydrogen) atoms. The van der Waals surface area contributed by atoms with Gasteiger partial charge in [0.25, 0.3) is 5.91 Å². The van der Waals surface area contributed by atoms with E-state index < -0.39 is 5.41 Å². The molecule has 1 unspecified atom stereocenters. The van der Waals surface area contributed by atoms with E-state index in [-0.39, 0.29) is 17.9 Å². The monoisotopic (exact) mass is 382 g/mol. The third kappa shape index (κ3) is 3.06. The molecule has 8 heteroatoms. The van der Waals surface area contributed by atoms with Crippen LogP contribution in [0.2, 0.25) is 0 Å². The largest absolute Gasteiger partial charge is 0.340 e. The smallest absolute Gasteiger partial charge is 0.253 e. The fourth-order valence-corrected chi connectivity index (χ4v) is 4.44. The predicted molar refractivity (Wildman–Crippen MR) is 103 cm³/mol. The van der Waals surface area contributed by atoms with Crippen molar-refractivity contribution in [3.63, 3.8) is 0 Å². The number of piperidine rings is 1. The molecule has 2 amide bonds. The van der Waals surface area contributed by atoms with Gasteiger partial charge in [0.05, 0.1) is 11.1 Å². The second-order valence-electron chi connectivity index (χ2n) is 8.14. The number of likely N-dealkylation sites (tertiary alicyclic amines) is 2. The van der Waals surface area contributed by atoms with Gasteiger partial charge in [0.15, 0.2) is 5.82 Å².